The highest BCUT2D eigenvalue weighted by molar-refractivity contribution is 7.70. The molecular weight excluding hydrogens is 524 g/mol. The van der Waals surface area contributed by atoms with Crippen molar-refractivity contribution in [2.24, 2.45) is 0 Å². The molecule has 5 aromatic rings. The Balaban J connectivity index is 1.81. The lowest BCUT2D eigenvalue weighted by Crippen LogP contribution is -2.22. The van der Waals surface area contributed by atoms with Crippen molar-refractivity contribution in [2.75, 3.05) is 20.8 Å². The van der Waals surface area contributed by atoms with Crippen LogP contribution in [0.1, 0.15) is 24.2 Å². The van der Waals surface area contributed by atoms with Crippen LogP contribution in [0.25, 0.3) is 28.5 Å². The molecule has 39 heavy (non-hydrogen) atoms. The Kier molecular flexibility index (Phi) is 7.56. The zero-order valence-corrected chi connectivity index (χ0v) is 22.1. The van der Waals surface area contributed by atoms with E-state index in [1.54, 1.807) is 49.1 Å². The number of pyridine rings is 1. The van der Waals surface area contributed by atoms with Gasteiger partial charge in [-0.15, -0.1) is 0 Å². The van der Waals surface area contributed by atoms with Crippen molar-refractivity contribution in [3.63, 3.8) is 0 Å². The number of imidazole rings is 1. The molecule has 0 radical (unpaired) electrons. The smallest absolute Gasteiger partial charge is 0.213 e. The molecule has 1 N–H and O–H groups in total. The fourth-order valence-electron chi connectivity index (χ4n) is 4.08. The summed E-state index contributed by atoms with van der Waals surface area (Å²) in [5.41, 5.74) is 2.40. The van der Waals surface area contributed by atoms with E-state index < -0.39 is 16.9 Å². The number of methoxy groups -OCH3 is 2. The Bertz CT molecular complexity index is 1660. The number of nitrogens with zero attached hydrogens (tertiary/aromatic N) is 7. The molecule has 0 aliphatic carbocycles. The minimum Gasteiger partial charge on any atom is -0.494 e. The summed E-state index contributed by atoms with van der Waals surface area (Å²) in [4.78, 5) is 26.7. The average Bonchev–Trinajstić information content (AvgIpc) is 3.34. The Morgan fingerprint density at radius 2 is 1.67 bits per heavy atom. The van der Waals surface area contributed by atoms with Crippen LogP contribution in [0.5, 0.6) is 17.4 Å². The van der Waals surface area contributed by atoms with E-state index in [9.17, 15) is 8.42 Å². The lowest BCUT2D eigenvalue weighted by atomic mass is 10.1. The number of benzene rings is 1. The average molecular weight is 549 g/mol. The summed E-state index contributed by atoms with van der Waals surface area (Å²) in [6.07, 6.45) is 5.82. The van der Waals surface area contributed by atoms with Gasteiger partial charge < -0.3 is 14.2 Å². The van der Waals surface area contributed by atoms with Gasteiger partial charge >= 0.3 is 0 Å². The molecule has 4 aromatic heterocycles. The monoisotopic (exact) mass is 548 g/mol. The van der Waals surface area contributed by atoms with Crippen LogP contribution in [-0.2, 0) is 10.9 Å². The van der Waals surface area contributed by atoms with Gasteiger partial charge in [-0.3, -0.25) is 4.57 Å². The molecule has 0 aliphatic heterocycles. The largest absolute Gasteiger partial charge is 0.494 e. The second kappa shape index (κ2) is 11.4. The van der Waals surface area contributed by atoms with Gasteiger partial charge in [0.25, 0.3) is 0 Å². The number of thiol groups is 1. The van der Waals surface area contributed by atoms with E-state index in [-0.39, 0.29) is 0 Å². The number of rotatable bonds is 10. The van der Waals surface area contributed by atoms with Crippen LogP contribution >= 0.6 is 0 Å². The highest BCUT2D eigenvalue weighted by atomic mass is 32.2. The van der Waals surface area contributed by atoms with Crippen molar-refractivity contribution >= 4 is 22.2 Å². The van der Waals surface area contributed by atoms with Gasteiger partial charge in [-0.05, 0) is 25.1 Å². The van der Waals surface area contributed by atoms with Crippen LogP contribution < -0.4 is 18.9 Å². The molecule has 1 unspecified atom stereocenters. The quantitative estimate of drug-likeness (QED) is 0.247. The molecule has 200 valence electrons. The summed E-state index contributed by atoms with van der Waals surface area (Å²) >= 11 is 0. The third kappa shape index (κ3) is 5.19. The van der Waals surface area contributed by atoms with Gasteiger partial charge in [-0.25, -0.2) is 43.0 Å². The van der Waals surface area contributed by atoms with Crippen LogP contribution in [-0.4, -0.2) is 63.7 Å². The van der Waals surface area contributed by atoms with Crippen molar-refractivity contribution in [2.45, 2.75) is 13.0 Å². The fraction of sp³-hybridized carbons (Fsp3) is 0.200. The van der Waals surface area contributed by atoms with Crippen molar-refractivity contribution in [1.29, 1.82) is 0 Å². The normalized spacial score (nSPS) is 12.0. The van der Waals surface area contributed by atoms with Gasteiger partial charge in [0.2, 0.25) is 16.8 Å². The summed E-state index contributed by atoms with van der Waals surface area (Å²) < 4.78 is 44.6. The van der Waals surface area contributed by atoms with Crippen LogP contribution in [0, 0.1) is 0 Å². The Labute approximate surface area is 225 Å². The minimum atomic E-state index is -3.00. The summed E-state index contributed by atoms with van der Waals surface area (Å²) in [6.45, 7) is 2.32. The second-order valence-electron chi connectivity index (χ2n) is 8.01. The lowest BCUT2D eigenvalue weighted by Gasteiger charge is -2.17. The standard InChI is InChI=1S/C25H24N8O5S/c1-4-38-20-10-5-7-16(29-20)24-31-23-25(33(24)22-18(36-2)8-6-9-19(22)37-3)30-17(13-28-23)21(32-39(34)35)15-11-26-14-27-12-15/h5-14,21,39H,4H2,1-3H3,(H,32,34,35). The lowest BCUT2D eigenvalue weighted by molar-refractivity contribution is 0.327. The first-order valence-corrected chi connectivity index (χ1v) is 12.9. The van der Waals surface area contributed by atoms with Gasteiger partial charge in [-0.1, -0.05) is 12.1 Å². The summed E-state index contributed by atoms with van der Waals surface area (Å²) in [7, 11) is 0.0925. The highest BCUT2D eigenvalue weighted by Crippen LogP contribution is 2.38. The SMILES string of the molecule is CCOc1cccc(-c2nc3ncc(C(N[SH](=O)=O)c4cncnc4)nc3n2-c2c(OC)cccc2OC)n1. The van der Waals surface area contributed by atoms with Gasteiger partial charge in [0.15, 0.2) is 17.1 Å². The number of hydrogen-bond donors (Lipinski definition) is 2. The number of para-hydroxylation sites is 1. The molecule has 0 saturated carbocycles. The minimum absolute atomic E-state index is 0.292. The third-order valence-corrected chi connectivity index (χ3v) is 6.17. The van der Waals surface area contributed by atoms with E-state index in [0.717, 1.165) is 0 Å². The molecule has 4 heterocycles. The van der Waals surface area contributed by atoms with Crippen molar-refractivity contribution in [1.82, 2.24) is 39.2 Å². The van der Waals surface area contributed by atoms with Crippen LogP contribution in [0.4, 0.5) is 0 Å². The number of nitrogens with one attached hydrogen (secondary N) is 1. The zero-order chi connectivity index (χ0) is 27.4. The molecule has 14 heteroatoms. The summed E-state index contributed by atoms with van der Waals surface area (Å²) in [6, 6.07) is 9.81. The molecule has 0 spiro atoms. The molecule has 1 atom stereocenters. The van der Waals surface area contributed by atoms with E-state index in [4.69, 9.17) is 24.2 Å². The van der Waals surface area contributed by atoms with E-state index in [1.807, 2.05) is 13.0 Å². The maximum Gasteiger partial charge on any atom is 0.213 e. The predicted molar refractivity (Wildman–Crippen MR) is 141 cm³/mol. The summed E-state index contributed by atoms with van der Waals surface area (Å²) in [5.74, 6) is 1.79. The molecular formula is C25H24N8O5S. The molecule has 0 saturated heterocycles. The van der Waals surface area contributed by atoms with Gasteiger partial charge in [-0.2, -0.15) is 0 Å². The Morgan fingerprint density at radius 3 is 2.33 bits per heavy atom. The Hall–Kier alpha value is -4.69. The molecule has 0 aliphatic rings. The van der Waals surface area contributed by atoms with E-state index in [0.29, 0.717) is 63.7 Å². The van der Waals surface area contributed by atoms with Crippen molar-refractivity contribution in [3.8, 4) is 34.6 Å². The van der Waals surface area contributed by atoms with Crippen molar-refractivity contribution in [3.05, 3.63) is 72.6 Å². The molecule has 0 amide bonds. The molecule has 0 bridgehead atoms. The number of hydrogen-bond acceptors (Lipinski definition) is 11. The molecule has 1 aromatic carbocycles. The van der Waals surface area contributed by atoms with Gasteiger partial charge in [0.05, 0.1) is 38.8 Å². The molecule has 5 rings (SSSR count). The maximum atomic E-state index is 11.7. The van der Waals surface area contributed by atoms with Crippen LogP contribution in [0.3, 0.4) is 0 Å². The Morgan fingerprint density at radius 1 is 0.949 bits per heavy atom. The zero-order valence-electron chi connectivity index (χ0n) is 21.2. The number of fused-ring (bicyclic) bond motifs is 1. The van der Waals surface area contributed by atoms with E-state index in [2.05, 4.69) is 24.7 Å². The fourth-order valence-corrected chi connectivity index (χ4v) is 4.58. The predicted octanol–water partition coefficient (Wildman–Crippen LogP) is 2.29. The van der Waals surface area contributed by atoms with Gasteiger partial charge in [0.1, 0.15) is 29.2 Å². The van der Waals surface area contributed by atoms with Crippen LogP contribution in [0.2, 0.25) is 0 Å². The third-order valence-electron chi connectivity index (χ3n) is 5.70. The number of aromatic nitrogens is 7. The van der Waals surface area contributed by atoms with E-state index in [1.165, 1.54) is 24.9 Å². The maximum absolute atomic E-state index is 11.7. The topological polar surface area (TPSA) is 156 Å². The summed E-state index contributed by atoms with van der Waals surface area (Å²) in [5, 5.41) is 0. The van der Waals surface area contributed by atoms with Crippen molar-refractivity contribution < 1.29 is 22.6 Å². The second-order valence-corrected chi connectivity index (χ2v) is 8.78. The van der Waals surface area contributed by atoms with Gasteiger partial charge in [0, 0.05) is 24.0 Å². The first kappa shape index (κ1) is 25.9. The first-order chi connectivity index (χ1) is 19.0. The van der Waals surface area contributed by atoms with Crippen LogP contribution in [0.15, 0.2) is 61.3 Å². The molecule has 0 fully saturated rings. The number of ether oxygens (including phenoxy) is 3. The highest BCUT2D eigenvalue weighted by Gasteiger charge is 2.26. The first-order valence-electron chi connectivity index (χ1n) is 11.8. The van der Waals surface area contributed by atoms with E-state index >= 15 is 0 Å². The molecule has 13 nitrogen and oxygen atoms in total.